The zero-order chi connectivity index (χ0) is 19.8. The van der Waals surface area contributed by atoms with E-state index < -0.39 is 6.04 Å². The van der Waals surface area contributed by atoms with E-state index in [4.69, 9.17) is 14.2 Å². The van der Waals surface area contributed by atoms with Gasteiger partial charge in [0.25, 0.3) is 5.91 Å². The van der Waals surface area contributed by atoms with Gasteiger partial charge in [-0.2, -0.15) is 5.10 Å². The zero-order valence-electron chi connectivity index (χ0n) is 16.2. The summed E-state index contributed by atoms with van der Waals surface area (Å²) in [5, 5.41) is 7.15. The fourth-order valence-electron chi connectivity index (χ4n) is 2.49. The van der Waals surface area contributed by atoms with Gasteiger partial charge in [-0.3, -0.25) is 4.79 Å². The number of nitrogens with zero attached hydrogens (tertiary/aromatic N) is 1. The van der Waals surface area contributed by atoms with Gasteiger partial charge in [0.05, 0.1) is 27.5 Å². The summed E-state index contributed by atoms with van der Waals surface area (Å²) in [6.45, 7) is 3.77. The van der Waals surface area contributed by atoms with E-state index in [0.717, 1.165) is 11.3 Å². The summed E-state index contributed by atoms with van der Waals surface area (Å²) in [4.78, 5) is 12.2. The van der Waals surface area contributed by atoms with Crippen molar-refractivity contribution < 1.29 is 19.0 Å². The topological polar surface area (TPSA) is 81.2 Å². The molecule has 0 aliphatic carbocycles. The lowest BCUT2D eigenvalue weighted by molar-refractivity contribution is -0.121. The molecule has 0 heterocycles. The highest BCUT2D eigenvalue weighted by molar-refractivity contribution is 5.87. The van der Waals surface area contributed by atoms with Crippen LogP contribution in [0.1, 0.15) is 18.1 Å². The van der Waals surface area contributed by atoms with Gasteiger partial charge in [0.15, 0.2) is 11.5 Å². The summed E-state index contributed by atoms with van der Waals surface area (Å²) in [6.07, 6.45) is 1.52. The van der Waals surface area contributed by atoms with Gasteiger partial charge in [0, 0.05) is 11.3 Å². The first-order valence-corrected chi connectivity index (χ1v) is 8.44. The molecule has 0 saturated carbocycles. The van der Waals surface area contributed by atoms with E-state index in [1.54, 1.807) is 33.3 Å². The average Bonchev–Trinajstić information content (AvgIpc) is 2.66. The Bertz CT molecular complexity index is 796. The summed E-state index contributed by atoms with van der Waals surface area (Å²) < 4.78 is 15.9. The SMILES string of the molecule is COc1cc(/C=N/NC(=O)C(C)Nc2cccc(C)c2)cc(OC)c1OC. The normalized spacial score (nSPS) is 11.7. The first-order chi connectivity index (χ1) is 13.0. The van der Waals surface area contributed by atoms with E-state index in [2.05, 4.69) is 15.8 Å². The number of aryl methyl sites for hydroxylation is 1. The number of carbonyl (C=O) groups excluding carboxylic acids is 1. The van der Waals surface area contributed by atoms with E-state index in [0.29, 0.717) is 22.8 Å². The van der Waals surface area contributed by atoms with Crippen LogP contribution in [0.15, 0.2) is 41.5 Å². The molecule has 2 aromatic carbocycles. The number of hydrazone groups is 1. The van der Waals surface area contributed by atoms with Gasteiger partial charge in [-0.15, -0.1) is 0 Å². The maximum atomic E-state index is 12.2. The summed E-state index contributed by atoms with van der Waals surface area (Å²) in [5.74, 6) is 1.27. The van der Waals surface area contributed by atoms with Crippen LogP contribution in [0.5, 0.6) is 17.2 Å². The Labute approximate surface area is 159 Å². The van der Waals surface area contributed by atoms with Crippen molar-refractivity contribution in [2.75, 3.05) is 26.6 Å². The summed E-state index contributed by atoms with van der Waals surface area (Å²) in [7, 11) is 4.62. The standard InChI is InChI=1S/C20H25N3O4/c1-13-7-6-8-16(9-13)22-14(2)20(24)23-21-12-15-10-17(25-3)19(27-5)18(11-15)26-4/h6-12,14,22H,1-5H3,(H,23,24)/b21-12+. The summed E-state index contributed by atoms with van der Waals surface area (Å²) in [5.41, 5.74) is 5.22. The van der Waals surface area contributed by atoms with Crippen molar-refractivity contribution in [2.45, 2.75) is 19.9 Å². The first-order valence-electron chi connectivity index (χ1n) is 8.44. The van der Waals surface area contributed by atoms with Gasteiger partial charge in [0.1, 0.15) is 6.04 Å². The molecule has 27 heavy (non-hydrogen) atoms. The number of methoxy groups -OCH3 is 3. The molecule has 0 aliphatic rings. The molecule has 0 spiro atoms. The molecule has 0 aliphatic heterocycles. The molecule has 7 nitrogen and oxygen atoms in total. The smallest absolute Gasteiger partial charge is 0.262 e. The van der Waals surface area contributed by atoms with Crippen molar-refractivity contribution in [3.8, 4) is 17.2 Å². The van der Waals surface area contributed by atoms with Crippen LogP contribution in [-0.2, 0) is 4.79 Å². The quantitative estimate of drug-likeness (QED) is 0.551. The molecule has 0 saturated heterocycles. The van der Waals surface area contributed by atoms with Crippen LogP contribution in [0.3, 0.4) is 0 Å². The van der Waals surface area contributed by atoms with Crippen molar-refractivity contribution in [2.24, 2.45) is 5.10 Å². The molecule has 7 heteroatoms. The zero-order valence-corrected chi connectivity index (χ0v) is 16.2. The van der Waals surface area contributed by atoms with E-state index in [1.165, 1.54) is 13.3 Å². The number of hydrogen-bond acceptors (Lipinski definition) is 6. The molecule has 144 valence electrons. The lowest BCUT2D eigenvalue weighted by Crippen LogP contribution is -2.34. The van der Waals surface area contributed by atoms with Crippen LogP contribution in [0.4, 0.5) is 5.69 Å². The second-order valence-electron chi connectivity index (χ2n) is 5.93. The van der Waals surface area contributed by atoms with Crippen molar-refractivity contribution in [1.29, 1.82) is 0 Å². The minimum atomic E-state index is -0.441. The highest BCUT2D eigenvalue weighted by atomic mass is 16.5. The minimum Gasteiger partial charge on any atom is -0.493 e. The van der Waals surface area contributed by atoms with E-state index in [1.807, 2.05) is 31.2 Å². The highest BCUT2D eigenvalue weighted by Gasteiger charge is 2.13. The monoisotopic (exact) mass is 371 g/mol. The Hall–Kier alpha value is -3.22. The van der Waals surface area contributed by atoms with Crippen molar-refractivity contribution in [3.63, 3.8) is 0 Å². The predicted molar refractivity (Wildman–Crippen MR) is 106 cm³/mol. The Balaban J connectivity index is 2.02. The number of ether oxygens (including phenoxy) is 3. The molecule has 0 radical (unpaired) electrons. The molecule has 0 aromatic heterocycles. The van der Waals surface area contributed by atoms with Gasteiger partial charge in [0.2, 0.25) is 5.75 Å². The van der Waals surface area contributed by atoms with Gasteiger partial charge in [-0.1, -0.05) is 12.1 Å². The number of benzene rings is 2. The number of amides is 1. The average molecular weight is 371 g/mol. The van der Waals surface area contributed by atoms with Crippen LogP contribution in [0.25, 0.3) is 0 Å². The molecule has 1 atom stereocenters. The molecule has 0 fully saturated rings. The fourth-order valence-corrected chi connectivity index (χ4v) is 2.49. The molecular weight excluding hydrogens is 346 g/mol. The molecule has 1 amide bonds. The Kier molecular flexibility index (Phi) is 7.05. The van der Waals surface area contributed by atoms with Crippen molar-refractivity contribution in [1.82, 2.24) is 5.43 Å². The number of nitrogens with one attached hydrogen (secondary N) is 2. The lowest BCUT2D eigenvalue weighted by Gasteiger charge is -2.14. The van der Waals surface area contributed by atoms with Gasteiger partial charge in [-0.05, 0) is 43.7 Å². The molecule has 2 aromatic rings. The molecular formula is C20H25N3O4. The third kappa shape index (κ3) is 5.37. The molecule has 2 N–H and O–H groups in total. The maximum absolute atomic E-state index is 12.2. The van der Waals surface area contributed by atoms with Crippen LogP contribution in [0, 0.1) is 6.92 Å². The van der Waals surface area contributed by atoms with Gasteiger partial charge in [-0.25, -0.2) is 5.43 Å². The second-order valence-corrected chi connectivity index (χ2v) is 5.93. The van der Waals surface area contributed by atoms with E-state index in [9.17, 15) is 4.79 Å². The van der Waals surface area contributed by atoms with E-state index >= 15 is 0 Å². The van der Waals surface area contributed by atoms with Crippen molar-refractivity contribution in [3.05, 3.63) is 47.5 Å². The number of anilines is 1. The molecule has 1 unspecified atom stereocenters. The summed E-state index contributed by atoms with van der Waals surface area (Å²) >= 11 is 0. The van der Waals surface area contributed by atoms with Crippen molar-refractivity contribution >= 4 is 17.8 Å². The van der Waals surface area contributed by atoms with Crippen LogP contribution in [-0.4, -0.2) is 39.5 Å². The largest absolute Gasteiger partial charge is 0.493 e. The summed E-state index contributed by atoms with van der Waals surface area (Å²) in [6, 6.07) is 10.9. The predicted octanol–water partition coefficient (Wildman–Crippen LogP) is 2.97. The maximum Gasteiger partial charge on any atom is 0.262 e. The Morgan fingerprint density at radius 1 is 1.07 bits per heavy atom. The molecule has 0 bridgehead atoms. The lowest BCUT2D eigenvalue weighted by atomic mass is 10.2. The molecule has 2 rings (SSSR count). The van der Waals surface area contributed by atoms with Crippen LogP contribution >= 0.6 is 0 Å². The minimum absolute atomic E-state index is 0.250. The number of carbonyl (C=O) groups is 1. The third-order valence-electron chi connectivity index (χ3n) is 3.87. The Morgan fingerprint density at radius 2 is 1.74 bits per heavy atom. The van der Waals surface area contributed by atoms with Crippen LogP contribution in [0.2, 0.25) is 0 Å². The first kappa shape index (κ1) is 20.1. The fraction of sp³-hybridized carbons (Fsp3) is 0.300. The number of rotatable bonds is 8. The van der Waals surface area contributed by atoms with Gasteiger partial charge < -0.3 is 19.5 Å². The third-order valence-corrected chi connectivity index (χ3v) is 3.87. The Morgan fingerprint density at radius 3 is 2.30 bits per heavy atom. The highest BCUT2D eigenvalue weighted by Crippen LogP contribution is 2.37. The second kappa shape index (κ2) is 9.47. The van der Waals surface area contributed by atoms with E-state index in [-0.39, 0.29) is 5.91 Å². The van der Waals surface area contributed by atoms with Crippen LogP contribution < -0.4 is 25.0 Å². The number of hydrogen-bond donors (Lipinski definition) is 2. The van der Waals surface area contributed by atoms with Gasteiger partial charge >= 0.3 is 0 Å².